The highest BCUT2D eigenvalue weighted by molar-refractivity contribution is 6.50. The number of allylic oxidation sites excluding steroid dienone is 2. The molecule has 0 aromatic heterocycles. The molecule has 2 aromatic rings. The van der Waals surface area contributed by atoms with Gasteiger partial charge in [0.2, 0.25) is 11.6 Å². The van der Waals surface area contributed by atoms with Crippen molar-refractivity contribution >= 4 is 23.2 Å². The number of carbonyl (C=O) groups excluding carboxylic acids is 2. The molecule has 1 aliphatic carbocycles. The molecule has 0 saturated carbocycles. The van der Waals surface area contributed by atoms with Crippen molar-refractivity contribution in [1.29, 1.82) is 0 Å². The van der Waals surface area contributed by atoms with Gasteiger partial charge in [0.05, 0.1) is 5.56 Å². The average molecular weight is 314 g/mol. The Balaban J connectivity index is 1.94. The number of Topliss-reactive ketones (excluding diaryl/α,β-unsaturated/α-hetero) is 2. The Morgan fingerprint density at radius 2 is 1.68 bits per heavy atom. The number of phenols is 1. The maximum absolute atomic E-state index is 12.5. The van der Waals surface area contributed by atoms with Gasteiger partial charge in [0, 0.05) is 12.1 Å². The fraction of sp³-hybridized carbons (Fsp3) is 0.0588. The molecule has 0 bridgehead atoms. The molecule has 5 heteroatoms. The summed E-state index contributed by atoms with van der Waals surface area (Å²) in [7, 11) is 0. The molecule has 110 valence electrons. The number of rotatable bonds is 3. The quantitative estimate of drug-likeness (QED) is 0.914. The second-order valence-corrected chi connectivity index (χ2v) is 5.26. The maximum atomic E-state index is 12.5. The van der Waals surface area contributed by atoms with Gasteiger partial charge in [-0.3, -0.25) is 9.59 Å². The molecule has 22 heavy (non-hydrogen) atoms. The molecular formula is C17H12ClNO3. The van der Waals surface area contributed by atoms with Gasteiger partial charge in [-0.15, -0.1) is 0 Å². The van der Waals surface area contributed by atoms with Crippen LogP contribution >= 0.6 is 11.6 Å². The molecule has 0 amide bonds. The summed E-state index contributed by atoms with van der Waals surface area (Å²) in [5.41, 5.74) is 1.14. The Bertz CT molecular complexity index is 797. The second-order valence-electron chi connectivity index (χ2n) is 4.89. The Morgan fingerprint density at radius 3 is 2.41 bits per heavy atom. The lowest BCUT2D eigenvalue weighted by Crippen LogP contribution is -2.28. The van der Waals surface area contributed by atoms with E-state index in [9.17, 15) is 14.7 Å². The predicted molar refractivity (Wildman–Crippen MR) is 82.9 cm³/mol. The van der Waals surface area contributed by atoms with Crippen LogP contribution in [0.4, 0.5) is 0 Å². The summed E-state index contributed by atoms with van der Waals surface area (Å²) in [6.07, 6.45) is 0. The summed E-state index contributed by atoms with van der Waals surface area (Å²) < 4.78 is 0. The summed E-state index contributed by atoms with van der Waals surface area (Å²) in [6.45, 7) is 0.375. The number of aromatic hydroxyl groups is 1. The number of ketones is 2. The van der Waals surface area contributed by atoms with Crippen molar-refractivity contribution in [2.45, 2.75) is 6.54 Å². The highest BCUT2D eigenvalue weighted by Crippen LogP contribution is 2.32. The van der Waals surface area contributed by atoms with Crippen molar-refractivity contribution in [2.75, 3.05) is 0 Å². The van der Waals surface area contributed by atoms with E-state index in [0.29, 0.717) is 6.54 Å². The van der Waals surface area contributed by atoms with E-state index in [-0.39, 0.29) is 27.6 Å². The van der Waals surface area contributed by atoms with Gasteiger partial charge in [-0.05, 0) is 17.7 Å². The van der Waals surface area contributed by atoms with E-state index < -0.39 is 11.6 Å². The lowest BCUT2D eigenvalue weighted by atomic mass is 9.91. The predicted octanol–water partition coefficient (Wildman–Crippen LogP) is 3.01. The van der Waals surface area contributed by atoms with Gasteiger partial charge in [0.1, 0.15) is 16.5 Å². The van der Waals surface area contributed by atoms with Crippen molar-refractivity contribution < 1.29 is 14.7 Å². The number of phenolic OH excluding ortho intramolecular Hbond substituents is 1. The zero-order chi connectivity index (χ0) is 15.7. The van der Waals surface area contributed by atoms with E-state index >= 15 is 0 Å². The minimum atomic E-state index is -0.551. The van der Waals surface area contributed by atoms with Crippen LogP contribution in [0, 0.1) is 0 Å². The molecule has 2 N–H and O–H groups in total. The Labute approximate surface area is 132 Å². The molecule has 0 atom stereocenters. The number of fused-ring (bicyclic) bond motifs is 1. The molecule has 4 nitrogen and oxygen atoms in total. The van der Waals surface area contributed by atoms with E-state index in [2.05, 4.69) is 5.32 Å². The molecule has 2 aromatic carbocycles. The minimum Gasteiger partial charge on any atom is -0.507 e. The summed E-state index contributed by atoms with van der Waals surface area (Å²) in [5, 5.41) is 12.5. The molecule has 0 unspecified atom stereocenters. The summed E-state index contributed by atoms with van der Waals surface area (Å²) in [6, 6.07) is 13.8. The Morgan fingerprint density at radius 1 is 0.955 bits per heavy atom. The first-order chi connectivity index (χ1) is 10.6. The zero-order valence-electron chi connectivity index (χ0n) is 11.5. The van der Waals surface area contributed by atoms with E-state index in [1.165, 1.54) is 18.2 Å². The first-order valence-electron chi connectivity index (χ1n) is 6.68. The van der Waals surface area contributed by atoms with Crippen molar-refractivity contribution in [3.63, 3.8) is 0 Å². The van der Waals surface area contributed by atoms with Crippen LogP contribution in [0.25, 0.3) is 0 Å². The van der Waals surface area contributed by atoms with Crippen LogP contribution in [0.15, 0.2) is 59.3 Å². The maximum Gasteiger partial charge on any atom is 0.211 e. The molecular weight excluding hydrogens is 302 g/mol. The van der Waals surface area contributed by atoms with Crippen LogP contribution in [0.2, 0.25) is 0 Å². The lowest BCUT2D eigenvalue weighted by Gasteiger charge is -2.19. The van der Waals surface area contributed by atoms with Gasteiger partial charge in [-0.25, -0.2) is 0 Å². The smallest absolute Gasteiger partial charge is 0.211 e. The minimum absolute atomic E-state index is 0.0391. The van der Waals surface area contributed by atoms with E-state index in [1.807, 2.05) is 30.3 Å². The number of carbonyl (C=O) groups is 2. The first kappa shape index (κ1) is 14.4. The molecule has 3 rings (SSSR count). The Kier molecular flexibility index (Phi) is 3.69. The number of benzene rings is 2. The van der Waals surface area contributed by atoms with Crippen LogP contribution < -0.4 is 5.32 Å². The molecule has 0 aliphatic heterocycles. The van der Waals surface area contributed by atoms with Gasteiger partial charge in [-0.1, -0.05) is 48.0 Å². The molecule has 0 radical (unpaired) electrons. The summed E-state index contributed by atoms with van der Waals surface area (Å²) in [4.78, 5) is 24.7. The van der Waals surface area contributed by atoms with Gasteiger partial charge in [-0.2, -0.15) is 0 Å². The van der Waals surface area contributed by atoms with Gasteiger partial charge in [0.25, 0.3) is 0 Å². The third-order valence-corrected chi connectivity index (χ3v) is 3.83. The lowest BCUT2D eigenvalue weighted by molar-refractivity contribution is 0.0972. The summed E-state index contributed by atoms with van der Waals surface area (Å²) >= 11 is 6.03. The van der Waals surface area contributed by atoms with Crippen molar-refractivity contribution in [1.82, 2.24) is 5.32 Å². The highest BCUT2D eigenvalue weighted by atomic mass is 35.5. The number of hydrogen-bond acceptors (Lipinski definition) is 4. The highest BCUT2D eigenvalue weighted by Gasteiger charge is 2.33. The third kappa shape index (κ3) is 2.38. The topological polar surface area (TPSA) is 66.4 Å². The zero-order valence-corrected chi connectivity index (χ0v) is 12.2. The third-order valence-electron chi connectivity index (χ3n) is 3.47. The standard InChI is InChI=1S/C17H12ClNO3/c18-14-15(19-9-10-5-2-1-3-6-10)16(21)11-7-4-8-12(20)13(11)17(14)22/h1-8,19-20H,9H2. The number of hydrogen-bond donors (Lipinski definition) is 2. The van der Waals surface area contributed by atoms with Crippen LogP contribution in [-0.4, -0.2) is 16.7 Å². The molecule has 0 spiro atoms. The SMILES string of the molecule is O=C1C(NCc2ccccc2)=C(Cl)C(=O)c2c(O)cccc21. The largest absolute Gasteiger partial charge is 0.507 e. The number of halogens is 1. The van der Waals surface area contributed by atoms with Crippen molar-refractivity contribution in [3.05, 3.63) is 76.0 Å². The molecule has 0 fully saturated rings. The van der Waals surface area contributed by atoms with E-state index in [0.717, 1.165) is 5.56 Å². The first-order valence-corrected chi connectivity index (χ1v) is 7.06. The Hall–Kier alpha value is -2.59. The van der Waals surface area contributed by atoms with E-state index in [4.69, 9.17) is 11.6 Å². The van der Waals surface area contributed by atoms with Crippen molar-refractivity contribution in [2.24, 2.45) is 0 Å². The van der Waals surface area contributed by atoms with Gasteiger partial charge < -0.3 is 10.4 Å². The van der Waals surface area contributed by atoms with Crippen LogP contribution in [0.1, 0.15) is 26.3 Å². The monoisotopic (exact) mass is 313 g/mol. The molecule has 1 aliphatic rings. The molecule has 0 saturated heterocycles. The van der Waals surface area contributed by atoms with Crippen LogP contribution in [0.5, 0.6) is 5.75 Å². The fourth-order valence-electron chi connectivity index (χ4n) is 2.37. The molecule has 0 heterocycles. The van der Waals surface area contributed by atoms with Gasteiger partial charge in [0.15, 0.2) is 0 Å². The van der Waals surface area contributed by atoms with Crippen molar-refractivity contribution in [3.8, 4) is 5.75 Å². The average Bonchev–Trinajstić information content (AvgIpc) is 2.53. The van der Waals surface area contributed by atoms with E-state index in [1.54, 1.807) is 0 Å². The van der Waals surface area contributed by atoms with Crippen LogP contribution in [-0.2, 0) is 6.54 Å². The second kappa shape index (κ2) is 5.66. The van der Waals surface area contributed by atoms with Gasteiger partial charge >= 0.3 is 0 Å². The summed E-state index contributed by atoms with van der Waals surface area (Å²) in [5.74, 6) is -1.19. The fourth-order valence-corrected chi connectivity index (χ4v) is 2.62. The number of nitrogens with one attached hydrogen (secondary N) is 1. The normalized spacial score (nSPS) is 14.0. The van der Waals surface area contributed by atoms with Crippen LogP contribution in [0.3, 0.4) is 0 Å².